The zero-order valence-electron chi connectivity index (χ0n) is 4.67. The fourth-order valence-electron chi connectivity index (χ4n) is 1.49. The lowest BCUT2D eigenvalue weighted by Gasteiger charge is -2.39. The molecule has 2 saturated heterocycles. The molecule has 0 saturated carbocycles. The molecule has 46 valence electrons. The molecule has 0 bridgehead atoms. The highest BCUT2D eigenvalue weighted by Crippen LogP contribution is 2.28. The van der Waals surface area contributed by atoms with Gasteiger partial charge in [0.15, 0.2) is 0 Å². The first-order chi connectivity index (χ1) is 3.88. The standard InChI is InChI=1S/C5H10N2S/c8-7-3-4-1-6-2-5(4)7/h4-6,8H,1-3H2. The van der Waals surface area contributed by atoms with Crippen LogP contribution in [0.25, 0.3) is 0 Å². The Bertz CT molecular complexity index is 107. The third-order valence-electron chi connectivity index (χ3n) is 2.11. The number of nitrogens with one attached hydrogen (secondary N) is 1. The monoisotopic (exact) mass is 130 g/mol. The Morgan fingerprint density at radius 2 is 2.38 bits per heavy atom. The fourth-order valence-corrected chi connectivity index (χ4v) is 1.97. The summed E-state index contributed by atoms with van der Waals surface area (Å²) in [7, 11) is 0. The van der Waals surface area contributed by atoms with E-state index in [0.29, 0.717) is 0 Å². The zero-order chi connectivity index (χ0) is 5.56. The first kappa shape index (κ1) is 5.09. The highest BCUT2D eigenvalue weighted by Gasteiger charge is 2.40. The van der Waals surface area contributed by atoms with Crippen molar-refractivity contribution in [1.82, 2.24) is 9.62 Å². The number of hydrogen-bond acceptors (Lipinski definition) is 3. The van der Waals surface area contributed by atoms with E-state index in [2.05, 4.69) is 22.4 Å². The summed E-state index contributed by atoms with van der Waals surface area (Å²) < 4.78 is 2.12. The van der Waals surface area contributed by atoms with Crippen molar-refractivity contribution in [3.63, 3.8) is 0 Å². The maximum Gasteiger partial charge on any atom is 0.0378 e. The summed E-state index contributed by atoms with van der Waals surface area (Å²) in [5.41, 5.74) is 0. The summed E-state index contributed by atoms with van der Waals surface area (Å²) in [6.45, 7) is 3.54. The maximum absolute atomic E-state index is 4.25. The van der Waals surface area contributed by atoms with Crippen LogP contribution in [0.1, 0.15) is 0 Å². The molecule has 8 heavy (non-hydrogen) atoms. The summed E-state index contributed by atoms with van der Waals surface area (Å²) in [5, 5.41) is 3.32. The van der Waals surface area contributed by atoms with Gasteiger partial charge in [0.05, 0.1) is 0 Å². The molecular weight excluding hydrogens is 120 g/mol. The first-order valence-corrected chi connectivity index (χ1v) is 3.44. The largest absolute Gasteiger partial charge is 0.315 e. The van der Waals surface area contributed by atoms with Gasteiger partial charge >= 0.3 is 0 Å². The molecule has 0 spiro atoms. The van der Waals surface area contributed by atoms with E-state index < -0.39 is 0 Å². The maximum atomic E-state index is 4.25. The van der Waals surface area contributed by atoms with E-state index >= 15 is 0 Å². The minimum atomic E-state index is 0.748. The lowest BCUT2D eigenvalue weighted by atomic mass is 9.96. The third kappa shape index (κ3) is 0.522. The first-order valence-electron chi connectivity index (χ1n) is 3.04. The Kier molecular flexibility index (Phi) is 1.03. The SMILES string of the molecule is SN1CC2CNCC21. The third-order valence-corrected chi connectivity index (χ3v) is 2.57. The molecular formula is C5H10N2S. The number of fused-ring (bicyclic) bond motifs is 1. The summed E-state index contributed by atoms with van der Waals surface area (Å²) in [6.07, 6.45) is 0. The van der Waals surface area contributed by atoms with Crippen LogP contribution in [-0.4, -0.2) is 30.0 Å². The molecule has 2 rings (SSSR count). The van der Waals surface area contributed by atoms with Crippen LogP contribution in [0.3, 0.4) is 0 Å². The molecule has 2 aliphatic rings. The van der Waals surface area contributed by atoms with E-state index in [9.17, 15) is 0 Å². The number of nitrogens with zero attached hydrogens (tertiary/aromatic N) is 1. The molecule has 0 aromatic carbocycles. The lowest BCUT2D eigenvalue weighted by Crippen LogP contribution is -2.49. The number of thiol groups is 1. The van der Waals surface area contributed by atoms with Gasteiger partial charge in [0.2, 0.25) is 0 Å². The molecule has 1 N–H and O–H groups in total. The fraction of sp³-hybridized carbons (Fsp3) is 1.00. The molecule has 2 heterocycles. The van der Waals surface area contributed by atoms with Crippen molar-refractivity contribution in [2.75, 3.05) is 19.6 Å². The second-order valence-corrected chi connectivity index (χ2v) is 3.12. The quantitative estimate of drug-likeness (QED) is 0.439. The molecule has 0 aromatic heterocycles. The summed E-state index contributed by atoms with van der Waals surface area (Å²) in [6, 6.07) is 0.748. The van der Waals surface area contributed by atoms with Crippen molar-refractivity contribution in [1.29, 1.82) is 0 Å². The molecule has 2 fully saturated rings. The van der Waals surface area contributed by atoms with Gasteiger partial charge in [0.25, 0.3) is 0 Å². The van der Waals surface area contributed by atoms with E-state index in [0.717, 1.165) is 18.5 Å². The van der Waals surface area contributed by atoms with Crippen LogP contribution in [0.2, 0.25) is 0 Å². The smallest absolute Gasteiger partial charge is 0.0378 e. The molecule has 3 heteroatoms. The summed E-state index contributed by atoms with van der Waals surface area (Å²) >= 11 is 4.25. The van der Waals surface area contributed by atoms with Gasteiger partial charge < -0.3 is 5.32 Å². The molecule has 2 nitrogen and oxygen atoms in total. The Morgan fingerprint density at radius 1 is 1.50 bits per heavy atom. The van der Waals surface area contributed by atoms with E-state index in [1.54, 1.807) is 0 Å². The van der Waals surface area contributed by atoms with Crippen molar-refractivity contribution >= 4 is 12.8 Å². The van der Waals surface area contributed by atoms with Crippen molar-refractivity contribution < 1.29 is 0 Å². The van der Waals surface area contributed by atoms with Gasteiger partial charge in [0.1, 0.15) is 0 Å². The molecule has 0 aliphatic carbocycles. The minimum Gasteiger partial charge on any atom is -0.315 e. The Balaban J connectivity index is 2.02. The Hall–Kier alpha value is 0.270. The van der Waals surface area contributed by atoms with Gasteiger partial charge in [-0.05, 0) is 0 Å². The van der Waals surface area contributed by atoms with Crippen LogP contribution in [-0.2, 0) is 0 Å². The Morgan fingerprint density at radius 3 is 2.88 bits per heavy atom. The van der Waals surface area contributed by atoms with Crippen molar-refractivity contribution in [3.05, 3.63) is 0 Å². The van der Waals surface area contributed by atoms with E-state index in [4.69, 9.17) is 0 Å². The van der Waals surface area contributed by atoms with Gasteiger partial charge in [0, 0.05) is 31.6 Å². The Labute approximate surface area is 54.8 Å². The van der Waals surface area contributed by atoms with Crippen LogP contribution < -0.4 is 5.32 Å². The van der Waals surface area contributed by atoms with Crippen molar-refractivity contribution in [2.45, 2.75) is 6.04 Å². The highest BCUT2D eigenvalue weighted by molar-refractivity contribution is 7.77. The van der Waals surface area contributed by atoms with E-state index in [-0.39, 0.29) is 0 Å². The second kappa shape index (κ2) is 1.62. The molecule has 2 aliphatic heterocycles. The molecule has 2 atom stereocenters. The summed E-state index contributed by atoms with van der Waals surface area (Å²) in [4.78, 5) is 0. The van der Waals surface area contributed by atoms with E-state index in [1.165, 1.54) is 13.1 Å². The predicted octanol–water partition coefficient (Wildman–Crippen LogP) is -0.265. The van der Waals surface area contributed by atoms with Crippen LogP contribution in [0.4, 0.5) is 0 Å². The normalized spacial score (nSPS) is 46.1. The van der Waals surface area contributed by atoms with Gasteiger partial charge in [-0.2, -0.15) is 0 Å². The molecule has 0 aromatic rings. The number of hydrogen-bond donors (Lipinski definition) is 2. The molecule has 2 unspecified atom stereocenters. The minimum absolute atomic E-state index is 0.748. The average Bonchev–Trinajstić information content (AvgIpc) is 2.09. The van der Waals surface area contributed by atoms with Gasteiger partial charge in [-0.1, -0.05) is 12.8 Å². The van der Waals surface area contributed by atoms with E-state index in [1.807, 2.05) is 0 Å². The molecule has 0 radical (unpaired) electrons. The molecule has 0 amide bonds. The second-order valence-electron chi connectivity index (χ2n) is 2.61. The van der Waals surface area contributed by atoms with Crippen LogP contribution >= 0.6 is 12.8 Å². The number of rotatable bonds is 0. The van der Waals surface area contributed by atoms with Gasteiger partial charge in [-0.25, -0.2) is 4.31 Å². The van der Waals surface area contributed by atoms with Gasteiger partial charge in [-0.3, -0.25) is 0 Å². The predicted molar refractivity (Wildman–Crippen MR) is 35.8 cm³/mol. The topological polar surface area (TPSA) is 15.3 Å². The summed E-state index contributed by atoms with van der Waals surface area (Å²) in [5.74, 6) is 0.910. The highest BCUT2D eigenvalue weighted by atomic mass is 32.1. The van der Waals surface area contributed by atoms with Crippen LogP contribution in [0.5, 0.6) is 0 Å². The van der Waals surface area contributed by atoms with Crippen molar-refractivity contribution in [2.24, 2.45) is 5.92 Å². The lowest BCUT2D eigenvalue weighted by molar-refractivity contribution is 0.168. The van der Waals surface area contributed by atoms with Crippen LogP contribution in [0, 0.1) is 5.92 Å². The van der Waals surface area contributed by atoms with Crippen molar-refractivity contribution in [3.8, 4) is 0 Å². The van der Waals surface area contributed by atoms with Gasteiger partial charge in [-0.15, -0.1) is 0 Å². The zero-order valence-corrected chi connectivity index (χ0v) is 5.56. The average molecular weight is 130 g/mol. The van der Waals surface area contributed by atoms with Crippen LogP contribution in [0.15, 0.2) is 0 Å².